The molecule has 0 radical (unpaired) electrons. The Hall–Kier alpha value is -2.60. The third-order valence-electron chi connectivity index (χ3n) is 4.33. The number of hydrogen-bond acceptors (Lipinski definition) is 4. The largest absolute Gasteiger partial charge is 0.497 e. The standard InChI is InChI=1S/C19H22FN3O2/c1-25-16-8-6-15(7-9-16)23-12-10-22(11-13-23)14-19(24)21-18-5-3-2-4-17(18)20/h2-9H,10-14H2,1H3,(H,21,24). The lowest BCUT2D eigenvalue weighted by Crippen LogP contribution is -2.48. The van der Waals surface area contributed by atoms with Crippen LogP contribution in [-0.2, 0) is 4.79 Å². The number of para-hydroxylation sites is 1. The van der Waals surface area contributed by atoms with Crippen molar-refractivity contribution in [3.8, 4) is 5.75 Å². The summed E-state index contributed by atoms with van der Waals surface area (Å²) in [5.41, 5.74) is 1.38. The van der Waals surface area contributed by atoms with Crippen LogP contribution in [0.4, 0.5) is 15.8 Å². The molecule has 1 heterocycles. The topological polar surface area (TPSA) is 44.8 Å². The van der Waals surface area contributed by atoms with E-state index in [1.54, 1.807) is 25.3 Å². The van der Waals surface area contributed by atoms with E-state index in [9.17, 15) is 9.18 Å². The van der Waals surface area contributed by atoms with Gasteiger partial charge in [0.25, 0.3) is 0 Å². The van der Waals surface area contributed by atoms with Crippen LogP contribution in [0.1, 0.15) is 0 Å². The van der Waals surface area contributed by atoms with Gasteiger partial charge in [0.2, 0.25) is 5.91 Å². The molecule has 1 N–H and O–H groups in total. The normalized spacial score (nSPS) is 15.0. The molecule has 1 amide bonds. The van der Waals surface area contributed by atoms with Gasteiger partial charge in [-0.2, -0.15) is 0 Å². The maximum Gasteiger partial charge on any atom is 0.238 e. The molecule has 1 aliphatic heterocycles. The highest BCUT2D eigenvalue weighted by atomic mass is 19.1. The van der Waals surface area contributed by atoms with Crippen molar-refractivity contribution in [2.24, 2.45) is 0 Å². The van der Waals surface area contributed by atoms with Crippen molar-refractivity contribution < 1.29 is 13.9 Å². The van der Waals surface area contributed by atoms with Gasteiger partial charge in [0, 0.05) is 31.9 Å². The molecule has 0 spiro atoms. The molecule has 25 heavy (non-hydrogen) atoms. The van der Waals surface area contributed by atoms with Crippen LogP contribution in [0.15, 0.2) is 48.5 Å². The monoisotopic (exact) mass is 343 g/mol. The lowest BCUT2D eigenvalue weighted by atomic mass is 10.2. The summed E-state index contributed by atoms with van der Waals surface area (Å²) in [4.78, 5) is 16.5. The first-order valence-electron chi connectivity index (χ1n) is 8.31. The maximum absolute atomic E-state index is 13.6. The van der Waals surface area contributed by atoms with Crippen LogP contribution in [0.2, 0.25) is 0 Å². The Balaban J connectivity index is 1.48. The van der Waals surface area contributed by atoms with Crippen LogP contribution in [0.5, 0.6) is 5.75 Å². The Morgan fingerprint density at radius 2 is 1.76 bits per heavy atom. The minimum absolute atomic E-state index is 0.192. The zero-order valence-electron chi connectivity index (χ0n) is 14.2. The molecule has 1 aliphatic rings. The van der Waals surface area contributed by atoms with Crippen molar-refractivity contribution >= 4 is 17.3 Å². The van der Waals surface area contributed by atoms with Gasteiger partial charge in [0.05, 0.1) is 19.3 Å². The van der Waals surface area contributed by atoms with E-state index in [4.69, 9.17) is 4.74 Å². The first-order valence-corrected chi connectivity index (χ1v) is 8.31. The Kier molecular flexibility index (Phi) is 5.50. The van der Waals surface area contributed by atoms with Crippen LogP contribution in [0.3, 0.4) is 0 Å². The molecule has 3 rings (SSSR count). The highest BCUT2D eigenvalue weighted by molar-refractivity contribution is 5.92. The molecule has 1 saturated heterocycles. The van der Waals surface area contributed by atoms with E-state index < -0.39 is 5.82 Å². The number of hydrogen-bond donors (Lipinski definition) is 1. The number of nitrogens with zero attached hydrogens (tertiary/aromatic N) is 2. The highest BCUT2D eigenvalue weighted by Crippen LogP contribution is 2.20. The van der Waals surface area contributed by atoms with E-state index in [1.165, 1.54) is 6.07 Å². The van der Waals surface area contributed by atoms with Gasteiger partial charge in [-0.1, -0.05) is 12.1 Å². The molecule has 0 atom stereocenters. The second kappa shape index (κ2) is 7.98. The van der Waals surface area contributed by atoms with Crippen LogP contribution in [0, 0.1) is 5.82 Å². The average molecular weight is 343 g/mol. The van der Waals surface area contributed by atoms with Crippen LogP contribution in [-0.4, -0.2) is 50.6 Å². The molecule has 132 valence electrons. The first kappa shape index (κ1) is 17.2. The first-order chi connectivity index (χ1) is 12.2. The molecule has 0 bridgehead atoms. The SMILES string of the molecule is COc1ccc(N2CCN(CC(=O)Nc3ccccc3F)CC2)cc1. The zero-order valence-corrected chi connectivity index (χ0v) is 14.2. The van der Waals surface area contributed by atoms with Crippen molar-refractivity contribution in [3.05, 3.63) is 54.3 Å². The summed E-state index contributed by atoms with van der Waals surface area (Å²) in [6, 6.07) is 14.2. The van der Waals surface area contributed by atoms with Crippen molar-refractivity contribution in [2.75, 3.05) is 50.1 Å². The Labute approximate surface area is 147 Å². The number of piperazine rings is 1. The molecular weight excluding hydrogens is 321 g/mol. The third-order valence-corrected chi connectivity index (χ3v) is 4.33. The number of benzene rings is 2. The van der Waals surface area contributed by atoms with Gasteiger partial charge < -0.3 is 15.0 Å². The van der Waals surface area contributed by atoms with Gasteiger partial charge in [-0.15, -0.1) is 0 Å². The van der Waals surface area contributed by atoms with Crippen molar-refractivity contribution in [2.45, 2.75) is 0 Å². The van der Waals surface area contributed by atoms with E-state index in [2.05, 4.69) is 15.1 Å². The number of methoxy groups -OCH3 is 1. The number of anilines is 2. The van der Waals surface area contributed by atoms with E-state index in [0.717, 1.165) is 37.6 Å². The molecule has 1 fully saturated rings. The van der Waals surface area contributed by atoms with E-state index in [0.29, 0.717) is 0 Å². The van der Waals surface area contributed by atoms with Gasteiger partial charge in [-0.3, -0.25) is 9.69 Å². The zero-order chi connectivity index (χ0) is 17.6. The molecule has 2 aromatic carbocycles. The third kappa shape index (κ3) is 4.48. The molecule has 0 unspecified atom stereocenters. The Morgan fingerprint density at radius 3 is 2.40 bits per heavy atom. The number of amides is 1. The van der Waals surface area contributed by atoms with E-state index in [1.807, 2.05) is 24.3 Å². The molecule has 2 aromatic rings. The van der Waals surface area contributed by atoms with E-state index >= 15 is 0 Å². The summed E-state index contributed by atoms with van der Waals surface area (Å²) in [7, 11) is 1.65. The van der Waals surface area contributed by atoms with Gasteiger partial charge >= 0.3 is 0 Å². The second-order valence-electron chi connectivity index (χ2n) is 5.99. The predicted molar refractivity (Wildman–Crippen MR) is 96.7 cm³/mol. The van der Waals surface area contributed by atoms with E-state index in [-0.39, 0.29) is 18.1 Å². The number of ether oxygens (including phenoxy) is 1. The van der Waals surface area contributed by atoms with Crippen molar-refractivity contribution in [1.29, 1.82) is 0 Å². The molecular formula is C19H22FN3O2. The summed E-state index contributed by atoms with van der Waals surface area (Å²) < 4.78 is 18.8. The molecule has 0 aromatic heterocycles. The minimum Gasteiger partial charge on any atom is -0.497 e. The lowest BCUT2D eigenvalue weighted by Gasteiger charge is -2.35. The summed E-state index contributed by atoms with van der Waals surface area (Å²) >= 11 is 0. The molecule has 0 aliphatic carbocycles. The Morgan fingerprint density at radius 1 is 1.08 bits per heavy atom. The summed E-state index contributed by atoms with van der Waals surface area (Å²) in [5.74, 6) is 0.232. The number of carbonyl (C=O) groups excluding carboxylic acids is 1. The fourth-order valence-electron chi connectivity index (χ4n) is 2.91. The fourth-order valence-corrected chi connectivity index (χ4v) is 2.91. The minimum atomic E-state index is -0.417. The number of rotatable bonds is 5. The molecule has 0 saturated carbocycles. The van der Waals surface area contributed by atoms with Gasteiger partial charge in [-0.05, 0) is 36.4 Å². The highest BCUT2D eigenvalue weighted by Gasteiger charge is 2.19. The Bertz CT molecular complexity index is 713. The van der Waals surface area contributed by atoms with Crippen molar-refractivity contribution in [1.82, 2.24) is 4.90 Å². The average Bonchev–Trinajstić information content (AvgIpc) is 2.64. The number of halogens is 1. The molecule has 5 nitrogen and oxygen atoms in total. The summed E-state index contributed by atoms with van der Waals surface area (Å²) in [6.07, 6.45) is 0. The van der Waals surface area contributed by atoms with Gasteiger partial charge in [0.15, 0.2) is 0 Å². The predicted octanol–water partition coefficient (Wildman–Crippen LogP) is 2.60. The summed E-state index contributed by atoms with van der Waals surface area (Å²) in [6.45, 7) is 3.54. The second-order valence-corrected chi connectivity index (χ2v) is 5.99. The maximum atomic E-state index is 13.6. The lowest BCUT2D eigenvalue weighted by molar-refractivity contribution is -0.117. The van der Waals surface area contributed by atoms with Crippen LogP contribution >= 0.6 is 0 Å². The van der Waals surface area contributed by atoms with Gasteiger partial charge in [0.1, 0.15) is 11.6 Å². The van der Waals surface area contributed by atoms with Crippen LogP contribution < -0.4 is 15.0 Å². The number of nitrogens with one attached hydrogen (secondary N) is 1. The summed E-state index contributed by atoms with van der Waals surface area (Å²) in [5, 5.41) is 2.63. The van der Waals surface area contributed by atoms with Crippen molar-refractivity contribution in [3.63, 3.8) is 0 Å². The van der Waals surface area contributed by atoms with Gasteiger partial charge in [-0.25, -0.2) is 4.39 Å². The fraction of sp³-hybridized carbons (Fsp3) is 0.316. The number of carbonyl (C=O) groups is 1. The quantitative estimate of drug-likeness (QED) is 0.906. The molecule has 6 heteroatoms. The smallest absolute Gasteiger partial charge is 0.238 e. The van der Waals surface area contributed by atoms with Crippen LogP contribution in [0.25, 0.3) is 0 Å².